The van der Waals surface area contributed by atoms with Crippen molar-refractivity contribution in [1.82, 2.24) is 4.90 Å². The molecule has 25 heavy (non-hydrogen) atoms. The highest BCUT2D eigenvalue weighted by Crippen LogP contribution is 2.45. The zero-order valence-electron chi connectivity index (χ0n) is 14.6. The smallest absolute Gasteiger partial charge is 0.247 e. The number of hydrogen-bond donors (Lipinski definition) is 0. The Kier molecular flexibility index (Phi) is 4.33. The monoisotopic (exact) mass is 332 g/mol. The summed E-state index contributed by atoms with van der Waals surface area (Å²) in [4.78, 5) is 14.6. The highest BCUT2D eigenvalue weighted by molar-refractivity contribution is 5.96. The third-order valence-electron chi connectivity index (χ3n) is 4.83. The first-order valence-electron chi connectivity index (χ1n) is 8.12. The van der Waals surface area contributed by atoms with E-state index < -0.39 is 5.41 Å². The average molecular weight is 332 g/mol. The molecule has 0 N–H and O–H groups in total. The van der Waals surface area contributed by atoms with Crippen LogP contribution in [0.1, 0.15) is 24.0 Å². The highest BCUT2D eigenvalue weighted by Gasteiger charge is 2.47. The lowest BCUT2D eigenvalue weighted by atomic mass is 9.70. The molecule has 0 fully saturated rings. The van der Waals surface area contributed by atoms with Crippen molar-refractivity contribution in [2.45, 2.75) is 12.8 Å². The molecule has 1 aliphatic heterocycles. The van der Waals surface area contributed by atoms with E-state index in [1.165, 1.54) is 0 Å². The zero-order chi connectivity index (χ0) is 18.0. The molecule has 1 amide bonds. The number of allylic oxidation sites excluding steroid dienone is 1. The summed E-state index contributed by atoms with van der Waals surface area (Å²) in [7, 11) is 3.34. The van der Waals surface area contributed by atoms with Gasteiger partial charge < -0.3 is 9.64 Å². The van der Waals surface area contributed by atoms with Crippen molar-refractivity contribution in [2.75, 3.05) is 14.2 Å². The molecule has 0 radical (unpaired) electrons. The van der Waals surface area contributed by atoms with Crippen LogP contribution >= 0.6 is 0 Å². The second-order valence-electron chi connectivity index (χ2n) is 6.35. The minimum Gasteiger partial charge on any atom is -0.497 e. The Morgan fingerprint density at radius 3 is 2.32 bits per heavy atom. The molecule has 2 unspecified atom stereocenters. The van der Waals surface area contributed by atoms with Gasteiger partial charge in [-0.05, 0) is 42.3 Å². The van der Waals surface area contributed by atoms with E-state index in [4.69, 9.17) is 4.74 Å². The quantitative estimate of drug-likeness (QED) is 0.858. The molecule has 4 nitrogen and oxygen atoms in total. The van der Waals surface area contributed by atoms with Crippen LogP contribution in [0.25, 0.3) is 5.70 Å². The summed E-state index contributed by atoms with van der Waals surface area (Å²) in [5.41, 5.74) is 1.54. The number of rotatable bonds is 3. The summed E-state index contributed by atoms with van der Waals surface area (Å²) >= 11 is 0. The average Bonchev–Trinajstić information content (AvgIpc) is 2.67. The van der Waals surface area contributed by atoms with Gasteiger partial charge in [-0.2, -0.15) is 5.26 Å². The third kappa shape index (κ3) is 2.78. The molecule has 1 aliphatic rings. The molecule has 0 bridgehead atoms. The summed E-state index contributed by atoms with van der Waals surface area (Å²) < 4.78 is 5.20. The lowest BCUT2D eigenvalue weighted by Crippen LogP contribution is -2.45. The van der Waals surface area contributed by atoms with E-state index in [0.717, 1.165) is 22.6 Å². The maximum Gasteiger partial charge on any atom is 0.247 e. The van der Waals surface area contributed by atoms with E-state index in [1.54, 1.807) is 26.0 Å². The van der Waals surface area contributed by atoms with Crippen molar-refractivity contribution in [3.63, 3.8) is 0 Å². The molecule has 0 aromatic heterocycles. The molecular formula is C21H20N2O2. The van der Waals surface area contributed by atoms with Crippen molar-refractivity contribution >= 4 is 11.6 Å². The van der Waals surface area contributed by atoms with Crippen LogP contribution in [0.4, 0.5) is 0 Å². The van der Waals surface area contributed by atoms with Gasteiger partial charge in [0.05, 0.1) is 13.2 Å². The molecule has 0 aliphatic carbocycles. The number of nitriles is 1. The second kappa shape index (κ2) is 6.45. The fourth-order valence-electron chi connectivity index (χ4n) is 3.29. The van der Waals surface area contributed by atoms with E-state index in [2.05, 4.69) is 6.07 Å². The molecule has 4 heteroatoms. The van der Waals surface area contributed by atoms with Crippen LogP contribution in [0.15, 0.2) is 60.7 Å². The van der Waals surface area contributed by atoms with Gasteiger partial charge in [-0.15, -0.1) is 0 Å². The number of hydrogen-bond acceptors (Lipinski definition) is 3. The molecular weight excluding hydrogens is 312 g/mol. The Balaban J connectivity index is 2.14. The number of carbonyl (C=O) groups excluding carboxylic acids is 1. The zero-order valence-corrected chi connectivity index (χ0v) is 14.6. The maximum absolute atomic E-state index is 13.0. The van der Waals surface area contributed by atoms with Gasteiger partial charge in [0.25, 0.3) is 0 Å². The number of methoxy groups -OCH3 is 1. The van der Waals surface area contributed by atoms with Crippen LogP contribution in [0.5, 0.6) is 5.75 Å². The Hall–Kier alpha value is -3.06. The first kappa shape index (κ1) is 16.8. The van der Waals surface area contributed by atoms with Gasteiger partial charge in [0, 0.05) is 18.7 Å². The van der Waals surface area contributed by atoms with E-state index in [9.17, 15) is 10.1 Å². The Morgan fingerprint density at radius 1 is 1.12 bits per heavy atom. The van der Waals surface area contributed by atoms with Crippen molar-refractivity contribution in [3.8, 4) is 11.8 Å². The molecule has 2 aromatic rings. The van der Waals surface area contributed by atoms with Crippen LogP contribution in [-0.2, 0) is 4.79 Å². The third-order valence-corrected chi connectivity index (χ3v) is 4.83. The highest BCUT2D eigenvalue weighted by atomic mass is 16.5. The SMILES string of the molecule is COc1ccc(C2=CC(c3ccccc3)C(C)(C#N)C(=O)N2C)cc1. The molecule has 1 heterocycles. The predicted molar refractivity (Wildman–Crippen MR) is 96.6 cm³/mol. The number of ether oxygens (including phenoxy) is 1. The van der Waals surface area contributed by atoms with E-state index >= 15 is 0 Å². The first-order chi connectivity index (χ1) is 12.0. The van der Waals surface area contributed by atoms with Gasteiger partial charge in [0.2, 0.25) is 5.91 Å². The molecule has 3 rings (SSSR count). The minimum atomic E-state index is -1.13. The van der Waals surface area contributed by atoms with Crippen molar-refractivity contribution in [2.24, 2.45) is 5.41 Å². The molecule has 0 saturated carbocycles. The lowest BCUT2D eigenvalue weighted by Gasteiger charge is -2.39. The summed E-state index contributed by atoms with van der Waals surface area (Å²) in [5, 5.41) is 9.75. The standard InChI is InChI=1S/C21H20N2O2/c1-21(14-22)18(15-7-5-4-6-8-15)13-19(23(2)20(21)24)16-9-11-17(25-3)12-10-16/h4-13,18H,1-3H3. The van der Waals surface area contributed by atoms with Crippen molar-refractivity contribution in [1.29, 1.82) is 5.26 Å². The number of amides is 1. The second-order valence-corrected chi connectivity index (χ2v) is 6.35. The van der Waals surface area contributed by atoms with E-state index in [1.807, 2.05) is 60.7 Å². The minimum absolute atomic E-state index is 0.197. The van der Waals surface area contributed by atoms with Gasteiger partial charge in [-0.1, -0.05) is 36.4 Å². The fraction of sp³-hybridized carbons (Fsp3) is 0.238. The summed E-state index contributed by atoms with van der Waals surface area (Å²) in [6, 6.07) is 19.5. The molecule has 126 valence electrons. The van der Waals surface area contributed by atoms with Gasteiger partial charge in [0.15, 0.2) is 0 Å². The van der Waals surface area contributed by atoms with Crippen LogP contribution in [0.3, 0.4) is 0 Å². The maximum atomic E-state index is 13.0. The lowest BCUT2D eigenvalue weighted by molar-refractivity contribution is -0.135. The molecule has 0 saturated heterocycles. The summed E-state index contributed by atoms with van der Waals surface area (Å²) in [5.74, 6) is 0.257. The van der Waals surface area contributed by atoms with E-state index in [0.29, 0.717) is 0 Å². The normalized spacial score (nSPS) is 23.0. The Labute approximate surface area is 148 Å². The first-order valence-corrected chi connectivity index (χ1v) is 8.12. The predicted octanol–water partition coefficient (Wildman–Crippen LogP) is 3.82. The molecule has 0 spiro atoms. The fourth-order valence-corrected chi connectivity index (χ4v) is 3.29. The van der Waals surface area contributed by atoms with Gasteiger partial charge in [-0.3, -0.25) is 4.79 Å². The van der Waals surface area contributed by atoms with Gasteiger partial charge >= 0.3 is 0 Å². The number of benzene rings is 2. The van der Waals surface area contributed by atoms with Crippen LogP contribution < -0.4 is 4.74 Å². The van der Waals surface area contributed by atoms with Crippen molar-refractivity contribution in [3.05, 3.63) is 71.8 Å². The Morgan fingerprint density at radius 2 is 1.76 bits per heavy atom. The van der Waals surface area contributed by atoms with Crippen LogP contribution in [0, 0.1) is 16.7 Å². The number of nitrogens with zero attached hydrogens (tertiary/aromatic N) is 2. The van der Waals surface area contributed by atoms with E-state index in [-0.39, 0.29) is 11.8 Å². The largest absolute Gasteiger partial charge is 0.497 e. The summed E-state index contributed by atoms with van der Waals surface area (Å²) in [6.45, 7) is 1.71. The van der Waals surface area contributed by atoms with Gasteiger partial charge in [-0.25, -0.2) is 0 Å². The molecule has 2 atom stereocenters. The van der Waals surface area contributed by atoms with Crippen molar-refractivity contribution < 1.29 is 9.53 Å². The van der Waals surface area contributed by atoms with Gasteiger partial charge in [0.1, 0.15) is 11.2 Å². The summed E-state index contributed by atoms with van der Waals surface area (Å²) in [6.07, 6.45) is 2.02. The number of carbonyl (C=O) groups is 1. The van der Waals surface area contributed by atoms with Crippen LogP contribution in [-0.4, -0.2) is 25.0 Å². The molecule has 2 aromatic carbocycles. The van der Waals surface area contributed by atoms with Crippen LogP contribution in [0.2, 0.25) is 0 Å². The Bertz CT molecular complexity index is 850. The topological polar surface area (TPSA) is 53.3 Å².